The SMILES string of the molecule is COc1ccc(N2CCN(C[C@@H](C)CO)CC2=O)cc1. The molecule has 0 unspecified atom stereocenters. The summed E-state index contributed by atoms with van der Waals surface area (Å²) in [6.07, 6.45) is 0. The van der Waals surface area contributed by atoms with Gasteiger partial charge in [0.05, 0.1) is 13.7 Å². The molecule has 0 bridgehead atoms. The van der Waals surface area contributed by atoms with Crippen molar-refractivity contribution in [1.82, 2.24) is 4.90 Å². The highest BCUT2D eigenvalue weighted by Gasteiger charge is 2.25. The van der Waals surface area contributed by atoms with Gasteiger partial charge in [0, 0.05) is 31.9 Å². The molecule has 1 saturated heterocycles. The summed E-state index contributed by atoms with van der Waals surface area (Å²) in [6, 6.07) is 7.54. The van der Waals surface area contributed by atoms with Crippen molar-refractivity contribution in [2.24, 2.45) is 5.92 Å². The molecule has 0 spiro atoms. The van der Waals surface area contributed by atoms with Crippen LogP contribution in [0.25, 0.3) is 0 Å². The molecule has 0 aromatic heterocycles. The van der Waals surface area contributed by atoms with E-state index in [1.807, 2.05) is 31.2 Å². The largest absolute Gasteiger partial charge is 0.497 e. The molecule has 1 fully saturated rings. The van der Waals surface area contributed by atoms with Crippen LogP contribution >= 0.6 is 0 Å². The average molecular weight is 278 g/mol. The third-order valence-electron chi connectivity index (χ3n) is 3.57. The summed E-state index contributed by atoms with van der Waals surface area (Å²) >= 11 is 0. The van der Waals surface area contributed by atoms with E-state index in [9.17, 15) is 4.79 Å². The molecule has 1 heterocycles. The van der Waals surface area contributed by atoms with Crippen molar-refractivity contribution in [2.45, 2.75) is 6.92 Å². The molecule has 1 aromatic rings. The van der Waals surface area contributed by atoms with E-state index in [1.54, 1.807) is 12.0 Å². The first-order chi connectivity index (χ1) is 9.63. The van der Waals surface area contributed by atoms with Crippen LogP contribution in [0.5, 0.6) is 5.75 Å². The van der Waals surface area contributed by atoms with Gasteiger partial charge < -0.3 is 14.7 Å². The summed E-state index contributed by atoms with van der Waals surface area (Å²) < 4.78 is 5.12. The number of rotatable bonds is 5. The Bertz CT molecular complexity index is 447. The van der Waals surface area contributed by atoms with Crippen LogP contribution in [0, 0.1) is 5.92 Å². The van der Waals surface area contributed by atoms with E-state index in [4.69, 9.17) is 9.84 Å². The van der Waals surface area contributed by atoms with Gasteiger partial charge in [-0.1, -0.05) is 6.92 Å². The van der Waals surface area contributed by atoms with Gasteiger partial charge in [0.15, 0.2) is 0 Å². The van der Waals surface area contributed by atoms with Crippen LogP contribution in [0.1, 0.15) is 6.92 Å². The molecule has 20 heavy (non-hydrogen) atoms. The van der Waals surface area contributed by atoms with Crippen molar-refractivity contribution in [3.8, 4) is 5.75 Å². The van der Waals surface area contributed by atoms with Crippen LogP contribution in [0.15, 0.2) is 24.3 Å². The highest BCUT2D eigenvalue weighted by Crippen LogP contribution is 2.21. The molecule has 0 saturated carbocycles. The summed E-state index contributed by atoms with van der Waals surface area (Å²) in [7, 11) is 1.63. The van der Waals surface area contributed by atoms with Gasteiger partial charge in [-0.25, -0.2) is 0 Å². The molecule has 110 valence electrons. The number of anilines is 1. The first kappa shape index (κ1) is 14.8. The Morgan fingerprint density at radius 1 is 1.30 bits per heavy atom. The molecule has 5 nitrogen and oxygen atoms in total. The van der Waals surface area contributed by atoms with Crippen LogP contribution in [0.2, 0.25) is 0 Å². The monoisotopic (exact) mass is 278 g/mol. The molecule has 5 heteroatoms. The van der Waals surface area contributed by atoms with Crippen LogP contribution in [-0.4, -0.2) is 55.8 Å². The fraction of sp³-hybridized carbons (Fsp3) is 0.533. The highest BCUT2D eigenvalue weighted by atomic mass is 16.5. The Morgan fingerprint density at radius 3 is 2.55 bits per heavy atom. The van der Waals surface area contributed by atoms with Gasteiger partial charge in [-0.3, -0.25) is 9.69 Å². The summed E-state index contributed by atoms with van der Waals surface area (Å²) in [6.45, 7) is 4.84. The van der Waals surface area contributed by atoms with E-state index in [-0.39, 0.29) is 18.4 Å². The van der Waals surface area contributed by atoms with Crippen molar-refractivity contribution in [3.63, 3.8) is 0 Å². The molecule has 1 aromatic carbocycles. The van der Waals surface area contributed by atoms with Gasteiger partial charge >= 0.3 is 0 Å². The van der Waals surface area contributed by atoms with Crippen LogP contribution in [0.4, 0.5) is 5.69 Å². The molecule has 1 amide bonds. The molecular weight excluding hydrogens is 256 g/mol. The summed E-state index contributed by atoms with van der Waals surface area (Å²) in [5.74, 6) is 1.10. The minimum atomic E-state index is 0.103. The molecule has 0 radical (unpaired) electrons. The number of carbonyl (C=O) groups is 1. The van der Waals surface area contributed by atoms with Gasteiger partial charge in [-0.15, -0.1) is 0 Å². The number of amides is 1. The predicted molar refractivity (Wildman–Crippen MR) is 78.0 cm³/mol. The lowest BCUT2D eigenvalue weighted by Crippen LogP contribution is -2.51. The van der Waals surface area contributed by atoms with E-state index < -0.39 is 0 Å². The van der Waals surface area contributed by atoms with E-state index in [1.165, 1.54) is 0 Å². The Balaban J connectivity index is 1.97. The van der Waals surface area contributed by atoms with Gasteiger partial charge in [0.25, 0.3) is 0 Å². The number of methoxy groups -OCH3 is 1. The van der Waals surface area contributed by atoms with Crippen LogP contribution in [-0.2, 0) is 4.79 Å². The Hall–Kier alpha value is -1.59. The zero-order valence-electron chi connectivity index (χ0n) is 12.1. The lowest BCUT2D eigenvalue weighted by molar-refractivity contribution is -0.121. The van der Waals surface area contributed by atoms with Crippen molar-refractivity contribution >= 4 is 11.6 Å². The zero-order chi connectivity index (χ0) is 14.5. The zero-order valence-corrected chi connectivity index (χ0v) is 12.1. The number of nitrogens with zero attached hydrogens (tertiary/aromatic N) is 2. The minimum absolute atomic E-state index is 0.103. The van der Waals surface area contributed by atoms with Crippen molar-refractivity contribution in [1.29, 1.82) is 0 Å². The number of ether oxygens (including phenoxy) is 1. The first-order valence-corrected chi connectivity index (χ1v) is 6.91. The number of aliphatic hydroxyl groups excluding tert-OH is 1. The van der Waals surface area contributed by atoms with Gasteiger partial charge in [0.2, 0.25) is 5.91 Å². The maximum atomic E-state index is 12.2. The van der Waals surface area contributed by atoms with Gasteiger partial charge in [0.1, 0.15) is 5.75 Å². The number of hydrogen-bond donors (Lipinski definition) is 1. The highest BCUT2D eigenvalue weighted by molar-refractivity contribution is 5.95. The molecule has 1 aliphatic heterocycles. The molecule has 0 aliphatic carbocycles. The van der Waals surface area contributed by atoms with E-state index in [0.717, 1.165) is 24.5 Å². The standard InChI is InChI=1S/C15H22N2O3/c1-12(11-18)9-16-7-8-17(15(19)10-16)13-3-5-14(20-2)6-4-13/h3-6,12,18H,7-11H2,1-2H3/t12-/m1/s1. The minimum Gasteiger partial charge on any atom is -0.497 e. The lowest BCUT2D eigenvalue weighted by Gasteiger charge is -2.35. The fourth-order valence-electron chi connectivity index (χ4n) is 2.41. The van der Waals surface area contributed by atoms with Crippen molar-refractivity contribution in [3.05, 3.63) is 24.3 Å². The maximum Gasteiger partial charge on any atom is 0.241 e. The Morgan fingerprint density at radius 2 is 2.00 bits per heavy atom. The van der Waals surface area contributed by atoms with Gasteiger partial charge in [-0.2, -0.15) is 0 Å². The first-order valence-electron chi connectivity index (χ1n) is 6.91. The summed E-state index contributed by atoms with van der Waals surface area (Å²) in [5, 5.41) is 9.08. The van der Waals surface area contributed by atoms with Gasteiger partial charge in [-0.05, 0) is 30.2 Å². The third-order valence-corrected chi connectivity index (χ3v) is 3.57. The summed E-state index contributed by atoms with van der Waals surface area (Å²) in [5.41, 5.74) is 0.908. The second-order valence-electron chi connectivity index (χ2n) is 5.27. The lowest BCUT2D eigenvalue weighted by atomic mass is 10.1. The fourth-order valence-corrected chi connectivity index (χ4v) is 2.41. The second kappa shape index (κ2) is 6.72. The van der Waals surface area contributed by atoms with E-state index in [2.05, 4.69) is 4.90 Å². The number of piperazine rings is 1. The Kier molecular flexibility index (Phi) is 4.98. The van der Waals surface area contributed by atoms with E-state index in [0.29, 0.717) is 13.1 Å². The maximum absolute atomic E-state index is 12.2. The molecular formula is C15H22N2O3. The number of benzene rings is 1. The predicted octanol–water partition coefficient (Wildman–Crippen LogP) is 0.972. The van der Waals surface area contributed by atoms with E-state index >= 15 is 0 Å². The topological polar surface area (TPSA) is 53.0 Å². The molecule has 1 aliphatic rings. The molecule has 1 N–H and O–H groups in total. The van der Waals surface area contributed by atoms with Crippen molar-refractivity contribution < 1.29 is 14.6 Å². The summed E-state index contributed by atoms with van der Waals surface area (Å²) in [4.78, 5) is 16.1. The number of hydrogen-bond acceptors (Lipinski definition) is 4. The Labute approximate surface area is 119 Å². The molecule has 2 rings (SSSR count). The third kappa shape index (κ3) is 3.49. The second-order valence-corrected chi connectivity index (χ2v) is 5.27. The molecule has 1 atom stereocenters. The van der Waals surface area contributed by atoms with Crippen molar-refractivity contribution in [2.75, 3.05) is 44.8 Å². The quantitative estimate of drug-likeness (QED) is 0.872. The van der Waals surface area contributed by atoms with Crippen LogP contribution in [0.3, 0.4) is 0 Å². The smallest absolute Gasteiger partial charge is 0.241 e. The van der Waals surface area contributed by atoms with Crippen LogP contribution < -0.4 is 9.64 Å². The average Bonchev–Trinajstić information content (AvgIpc) is 2.47. The number of aliphatic hydroxyl groups is 1. The number of carbonyl (C=O) groups excluding carboxylic acids is 1. The normalized spacial score (nSPS) is 18.1.